The van der Waals surface area contributed by atoms with E-state index in [0.717, 1.165) is 12.8 Å². The smallest absolute Gasteiger partial charge is 0.340 e. The van der Waals surface area contributed by atoms with E-state index in [1.165, 1.54) is 18.2 Å². The maximum atomic E-state index is 15.2. The molecular weight excluding hydrogens is 449 g/mol. The molecule has 0 radical (unpaired) electrons. The number of carbonyl (C=O) groups is 2. The molecule has 2 heterocycles. The van der Waals surface area contributed by atoms with Crippen molar-refractivity contribution in [1.29, 1.82) is 0 Å². The van der Waals surface area contributed by atoms with Gasteiger partial charge in [-0.1, -0.05) is 4.48 Å². The molecule has 1 aromatic rings. The van der Waals surface area contributed by atoms with Crippen LogP contribution >= 0.6 is 0 Å². The number of hydrogen-bond donors (Lipinski definition) is 0. The van der Waals surface area contributed by atoms with Crippen LogP contribution in [0, 0.1) is 24.2 Å². The summed E-state index contributed by atoms with van der Waals surface area (Å²) in [4.78, 5) is 27.5. The summed E-state index contributed by atoms with van der Waals surface area (Å²) < 4.78 is 55.4. The molecule has 2 aliphatic heterocycles. The van der Waals surface area contributed by atoms with Crippen LogP contribution in [0.25, 0.3) is 0 Å². The molecule has 1 amide bonds. The fourth-order valence-corrected chi connectivity index (χ4v) is 4.17. The van der Waals surface area contributed by atoms with Gasteiger partial charge in [0.1, 0.15) is 5.60 Å². The summed E-state index contributed by atoms with van der Waals surface area (Å²) in [5.41, 5.74) is -1.19. The van der Waals surface area contributed by atoms with Gasteiger partial charge in [0.05, 0.1) is 11.3 Å². The van der Waals surface area contributed by atoms with Gasteiger partial charge in [0, 0.05) is 43.8 Å². The summed E-state index contributed by atoms with van der Waals surface area (Å²) >= 11 is 0. The number of terminal acetylenes is 1. The van der Waals surface area contributed by atoms with Crippen molar-refractivity contribution in [1.82, 2.24) is 0 Å². The molecule has 1 aromatic carbocycles. The molecule has 9 heteroatoms. The number of ether oxygens (including phenoxy) is 2. The number of halogens is 3. The highest BCUT2D eigenvalue weighted by atomic mass is 19.3. The Hall–Kier alpha value is -2.73. The van der Waals surface area contributed by atoms with Gasteiger partial charge in [0.15, 0.2) is 0 Å². The van der Waals surface area contributed by atoms with Crippen LogP contribution in [-0.2, 0) is 14.3 Å². The first-order chi connectivity index (χ1) is 15.9. The summed E-state index contributed by atoms with van der Waals surface area (Å²) in [6, 6.07) is 4.05. The Morgan fingerprint density at radius 2 is 1.76 bits per heavy atom. The molecule has 0 N–H and O–H groups in total. The molecule has 3 rings (SSSR count). The van der Waals surface area contributed by atoms with Crippen LogP contribution in [0.15, 0.2) is 18.2 Å². The first-order valence-corrected chi connectivity index (χ1v) is 11.5. The van der Waals surface area contributed by atoms with E-state index in [9.17, 15) is 18.4 Å². The van der Waals surface area contributed by atoms with Gasteiger partial charge in [-0.3, -0.25) is 4.79 Å². The number of benzene rings is 1. The molecule has 34 heavy (non-hydrogen) atoms. The lowest BCUT2D eigenvalue weighted by molar-refractivity contribution is -0.159. The van der Waals surface area contributed by atoms with Crippen molar-refractivity contribution >= 4 is 23.3 Å². The van der Waals surface area contributed by atoms with Crippen molar-refractivity contribution in [3.63, 3.8) is 0 Å². The highest BCUT2D eigenvalue weighted by Gasteiger charge is 2.51. The van der Waals surface area contributed by atoms with Crippen LogP contribution in [0.4, 0.5) is 24.6 Å². The van der Waals surface area contributed by atoms with E-state index in [1.807, 2.05) is 4.90 Å². The third-order valence-corrected chi connectivity index (χ3v) is 6.10. The van der Waals surface area contributed by atoms with Crippen molar-refractivity contribution in [3.05, 3.63) is 23.8 Å². The fourth-order valence-electron chi connectivity index (χ4n) is 4.17. The molecular formula is C25H31F3N2O4. The van der Waals surface area contributed by atoms with Crippen LogP contribution in [0.1, 0.15) is 56.8 Å². The molecule has 2 saturated heterocycles. The number of anilines is 2. The van der Waals surface area contributed by atoms with Gasteiger partial charge in [-0.05, 0) is 64.7 Å². The van der Waals surface area contributed by atoms with Gasteiger partial charge in [-0.15, -0.1) is 17.5 Å². The predicted molar refractivity (Wildman–Crippen MR) is 122 cm³/mol. The largest absolute Gasteiger partial charge is 0.456 e. The lowest BCUT2D eigenvalue weighted by atomic mass is 9.92. The van der Waals surface area contributed by atoms with Gasteiger partial charge in [0.2, 0.25) is 0 Å². The van der Waals surface area contributed by atoms with Gasteiger partial charge in [-0.2, -0.15) is 8.78 Å². The van der Waals surface area contributed by atoms with Crippen molar-refractivity contribution in [3.8, 4) is 12.3 Å². The summed E-state index contributed by atoms with van der Waals surface area (Å²) in [6.07, 6.45) is 6.90. The summed E-state index contributed by atoms with van der Waals surface area (Å²) in [7, 11) is 0. The minimum absolute atomic E-state index is 0.0575. The third kappa shape index (κ3) is 5.84. The number of hydrogen-bond acceptors (Lipinski definition) is 5. The molecule has 0 saturated carbocycles. The average Bonchev–Trinajstić information content (AvgIpc) is 2.82. The maximum Gasteiger partial charge on any atom is 0.340 e. The molecule has 0 unspecified atom stereocenters. The minimum atomic E-state index is -3.94. The quantitative estimate of drug-likeness (QED) is 0.345. The average molecular weight is 481 g/mol. The summed E-state index contributed by atoms with van der Waals surface area (Å²) in [5, 5.41) is -0.622. The predicted octanol–water partition coefficient (Wildman–Crippen LogP) is 4.77. The molecule has 2 aliphatic rings. The Balaban J connectivity index is 1.92. The molecule has 0 atom stereocenters. The van der Waals surface area contributed by atoms with Crippen LogP contribution in [0.2, 0.25) is 0 Å². The highest BCUT2D eigenvalue weighted by molar-refractivity contribution is 6.04. The molecule has 2 fully saturated rings. The SMILES string of the molecule is C#CC1CCN(c2ccc(N(F)C(=O)C(F)(F)C3CCOCC3)c(C(=O)OC(C)(C)C)c2)CC1. The van der Waals surface area contributed by atoms with E-state index < -0.39 is 40.1 Å². The Labute approximate surface area is 198 Å². The van der Waals surface area contributed by atoms with E-state index in [-0.39, 0.29) is 37.5 Å². The summed E-state index contributed by atoms with van der Waals surface area (Å²) in [6.45, 7) is 6.32. The van der Waals surface area contributed by atoms with Crippen LogP contribution in [-0.4, -0.2) is 49.7 Å². The lowest BCUT2D eigenvalue weighted by Gasteiger charge is -2.33. The number of rotatable bonds is 5. The Bertz CT molecular complexity index is 940. The number of alkyl halides is 2. The fraction of sp³-hybridized carbons (Fsp3) is 0.600. The van der Waals surface area contributed by atoms with E-state index in [0.29, 0.717) is 18.8 Å². The van der Waals surface area contributed by atoms with Gasteiger partial charge >= 0.3 is 17.8 Å². The molecule has 0 spiro atoms. The lowest BCUT2D eigenvalue weighted by Crippen LogP contribution is -2.47. The molecule has 0 aromatic heterocycles. The Morgan fingerprint density at radius 3 is 2.32 bits per heavy atom. The van der Waals surface area contributed by atoms with Gasteiger partial charge in [-0.25, -0.2) is 4.79 Å². The van der Waals surface area contributed by atoms with Crippen molar-refractivity contribution in [2.45, 2.75) is 58.0 Å². The number of piperidine rings is 1. The Kier molecular flexibility index (Phi) is 7.81. The zero-order valence-corrected chi connectivity index (χ0v) is 19.8. The monoisotopic (exact) mass is 480 g/mol. The van der Waals surface area contributed by atoms with Gasteiger partial charge < -0.3 is 14.4 Å². The zero-order chi connectivity index (χ0) is 25.1. The highest BCUT2D eigenvalue weighted by Crippen LogP contribution is 2.37. The number of carbonyl (C=O) groups excluding carboxylic acids is 2. The van der Waals surface area contributed by atoms with Crippen LogP contribution in [0.3, 0.4) is 0 Å². The molecule has 0 aliphatic carbocycles. The second-order valence-electron chi connectivity index (χ2n) is 9.73. The minimum Gasteiger partial charge on any atom is -0.456 e. The van der Waals surface area contributed by atoms with Crippen LogP contribution in [0.5, 0.6) is 0 Å². The van der Waals surface area contributed by atoms with Crippen molar-refractivity contribution < 1.29 is 32.3 Å². The second-order valence-corrected chi connectivity index (χ2v) is 9.73. The van der Waals surface area contributed by atoms with Gasteiger partial charge in [0.25, 0.3) is 0 Å². The normalized spacial score (nSPS) is 18.3. The summed E-state index contributed by atoms with van der Waals surface area (Å²) in [5.74, 6) is -5.31. The first kappa shape index (κ1) is 25.9. The number of nitrogens with zero attached hydrogens (tertiary/aromatic N) is 2. The molecule has 6 nitrogen and oxygen atoms in total. The second kappa shape index (κ2) is 10.3. The van der Waals surface area contributed by atoms with E-state index in [4.69, 9.17) is 15.9 Å². The molecule has 186 valence electrons. The maximum absolute atomic E-state index is 15.2. The third-order valence-electron chi connectivity index (χ3n) is 6.10. The van der Waals surface area contributed by atoms with Crippen LogP contribution < -0.4 is 10.0 Å². The van der Waals surface area contributed by atoms with Crippen molar-refractivity contribution in [2.24, 2.45) is 11.8 Å². The number of esters is 1. The zero-order valence-electron chi connectivity index (χ0n) is 19.8. The van der Waals surface area contributed by atoms with E-state index in [1.54, 1.807) is 20.8 Å². The van der Waals surface area contributed by atoms with E-state index in [2.05, 4.69) is 5.92 Å². The van der Waals surface area contributed by atoms with E-state index >= 15 is 4.48 Å². The molecule has 0 bridgehead atoms. The van der Waals surface area contributed by atoms with Crippen molar-refractivity contribution in [2.75, 3.05) is 36.3 Å². The standard InChI is InChI=1S/C25H31F3N2O4/c1-5-17-8-12-29(13-9-17)19-6-7-21(20(16-19)22(31)34-24(2,3)4)30(28)23(32)25(26,27)18-10-14-33-15-11-18/h1,6-7,16-18H,8-15H2,2-4H3. The topological polar surface area (TPSA) is 59.1 Å². The number of amides is 1. The Morgan fingerprint density at radius 1 is 1.15 bits per heavy atom. The first-order valence-electron chi connectivity index (χ1n) is 11.5.